The first-order valence-electron chi connectivity index (χ1n) is 7.66. The van der Waals surface area contributed by atoms with Crippen LogP contribution in [0.25, 0.3) is 5.65 Å². The van der Waals surface area contributed by atoms with E-state index in [4.69, 9.17) is 5.26 Å². The minimum atomic E-state index is -0.183. The monoisotopic (exact) mass is 336 g/mol. The number of carbonyl (C=O) groups is 1. The molecule has 1 N–H and O–H groups in total. The lowest BCUT2D eigenvalue weighted by Gasteiger charge is -2.07. The standard InChI is InChI=1S/C18H16N4OS/c1-2-5-15-17(22-11-4-3-6-16(22)21-15)18(23)20-13-7-9-14(10-8-13)24-12-19/h3-4,6-11H,2,5H2,1H3,(H,20,23). The van der Waals surface area contributed by atoms with Crippen LogP contribution in [0.1, 0.15) is 29.5 Å². The average molecular weight is 336 g/mol. The van der Waals surface area contributed by atoms with Crippen molar-refractivity contribution in [2.75, 3.05) is 5.32 Å². The fraction of sp³-hybridized carbons (Fsp3) is 0.167. The number of nitrogens with zero attached hydrogens (tertiary/aromatic N) is 3. The number of fused-ring (bicyclic) bond motifs is 1. The van der Waals surface area contributed by atoms with Gasteiger partial charge in [0.05, 0.1) is 5.69 Å². The van der Waals surface area contributed by atoms with Crippen molar-refractivity contribution in [3.8, 4) is 5.40 Å². The summed E-state index contributed by atoms with van der Waals surface area (Å²) in [6.07, 6.45) is 3.52. The fourth-order valence-electron chi connectivity index (χ4n) is 2.55. The molecule has 0 radical (unpaired) electrons. The topological polar surface area (TPSA) is 70.2 Å². The van der Waals surface area contributed by atoms with E-state index in [1.165, 1.54) is 0 Å². The molecule has 0 bridgehead atoms. The molecular weight excluding hydrogens is 320 g/mol. The van der Waals surface area contributed by atoms with E-state index >= 15 is 0 Å². The third kappa shape index (κ3) is 3.26. The van der Waals surface area contributed by atoms with Crippen LogP contribution in [0, 0.1) is 10.7 Å². The van der Waals surface area contributed by atoms with Crippen molar-refractivity contribution in [3.63, 3.8) is 0 Å². The van der Waals surface area contributed by atoms with Gasteiger partial charge in [-0.15, -0.1) is 0 Å². The highest BCUT2D eigenvalue weighted by molar-refractivity contribution is 8.03. The number of nitriles is 1. The third-order valence-electron chi connectivity index (χ3n) is 3.58. The van der Waals surface area contributed by atoms with Crippen LogP contribution >= 0.6 is 11.8 Å². The maximum absolute atomic E-state index is 12.8. The lowest BCUT2D eigenvalue weighted by Crippen LogP contribution is -2.16. The van der Waals surface area contributed by atoms with Gasteiger partial charge in [0, 0.05) is 16.8 Å². The van der Waals surface area contributed by atoms with Gasteiger partial charge in [0.1, 0.15) is 16.7 Å². The van der Waals surface area contributed by atoms with Gasteiger partial charge < -0.3 is 5.32 Å². The second-order valence-corrected chi connectivity index (χ2v) is 6.12. The van der Waals surface area contributed by atoms with Crippen LogP contribution in [-0.2, 0) is 6.42 Å². The van der Waals surface area contributed by atoms with Crippen molar-refractivity contribution < 1.29 is 4.79 Å². The average Bonchev–Trinajstić information content (AvgIpc) is 2.95. The molecule has 0 saturated carbocycles. The number of anilines is 1. The molecule has 120 valence electrons. The van der Waals surface area contributed by atoms with E-state index in [0.717, 1.165) is 40.8 Å². The molecule has 5 nitrogen and oxygen atoms in total. The Kier molecular flexibility index (Phi) is 4.82. The summed E-state index contributed by atoms with van der Waals surface area (Å²) in [7, 11) is 0. The van der Waals surface area contributed by atoms with Gasteiger partial charge in [-0.3, -0.25) is 9.20 Å². The van der Waals surface area contributed by atoms with Crippen LogP contribution < -0.4 is 5.32 Å². The molecule has 24 heavy (non-hydrogen) atoms. The molecule has 0 atom stereocenters. The van der Waals surface area contributed by atoms with Gasteiger partial charge in [-0.05, 0) is 54.6 Å². The minimum Gasteiger partial charge on any atom is -0.321 e. The number of thiocyanates is 1. The van der Waals surface area contributed by atoms with Gasteiger partial charge in [-0.25, -0.2) is 4.98 Å². The van der Waals surface area contributed by atoms with Crippen molar-refractivity contribution in [1.82, 2.24) is 9.38 Å². The quantitative estimate of drug-likeness (QED) is 0.562. The smallest absolute Gasteiger partial charge is 0.274 e. The molecule has 2 aromatic heterocycles. The summed E-state index contributed by atoms with van der Waals surface area (Å²) in [5.74, 6) is -0.183. The Morgan fingerprint density at radius 2 is 2.08 bits per heavy atom. The molecule has 1 amide bonds. The third-order valence-corrected chi connectivity index (χ3v) is 4.18. The van der Waals surface area contributed by atoms with Crippen molar-refractivity contribution >= 4 is 29.0 Å². The molecule has 2 heterocycles. The molecular formula is C18H16N4OS. The summed E-state index contributed by atoms with van der Waals surface area (Å²) < 4.78 is 1.82. The van der Waals surface area contributed by atoms with E-state index in [-0.39, 0.29) is 5.91 Å². The summed E-state index contributed by atoms with van der Waals surface area (Å²) >= 11 is 1.09. The van der Waals surface area contributed by atoms with Crippen molar-refractivity contribution in [2.24, 2.45) is 0 Å². The van der Waals surface area contributed by atoms with E-state index in [9.17, 15) is 4.79 Å². The Morgan fingerprint density at radius 3 is 2.79 bits per heavy atom. The van der Waals surface area contributed by atoms with Crippen molar-refractivity contribution in [2.45, 2.75) is 24.7 Å². The van der Waals surface area contributed by atoms with Gasteiger partial charge in [-0.1, -0.05) is 19.4 Å². The molecule has 6 heteroatoms. The predicted molar refractivity (Wildman–Crippen MR) is 95.1 cm³/mol. The Hall–Kier alpha value is -2.78. The van der Waals surface area contributed by atoms with Crippen LogP contribution in [-0.4, -0.2) is 15.3 Å². The van der Waals surface area contributed by atoms with E-state index in [1.54, 1.807) is 12.1 Å². The van der Waals surface area contributed by atoms with Crippen molar-refractivity contribution in [3.05, 3.63) is 60.0 Å². The van der Waals surface area contributed by atoms with Gasteiger partial charge in [0.25, 0.3) is 5.91 Å². The molecule has 0 aliphatic carbocycles. The zero-order chi connectivity index (χ0) is 16.9. The maximum Gasteiger partial charge on any atom is 0.274 e. The first-order valence-corrected chi connectivity index (χ1v) is 8.48. The number of hydrogen-bond acceptors (Lipinski definition) is 4. The number of aryl methyl sites for hydroxylation is 1. The maximum atomic E-state index is 12.8. The van der Waals surface area contributed by atoms with Crippen LogP contribution in [0.4, 0.5) is 5.69 Å². The highest BCUT2D eigenvalue weighted by Gasteiger charge is 2.18. The van der Waals surface area contributed by atoms with Gasteiger partial charge >= 0.3 is 0 Å². The highest BCUT2D eigenvalue weighted by atomic mass is 32.2. The number of hydrogen-bond donors (Lipinski definition) is 1. The second-order valence-electron chi connectivity index (χ2n) is 5.26. The lowest BCUT2D eigenvalue weighted by molar-refractivity contribution is 0.102. The van der Waals surface area contributed by atoms with Gasteiger partial charge in [0.2, 0.25) is 0 Å². The Labute approximate surface area is 144 Å². The normalized spacial score (nSPS) is 10.5. The number of nitrogens with one attached hydrogen (secondary N) is 1. The zero-order valence-electron chi connectivity index (χ0n) is 13.2. The summed E-state index contributed by atoms with van der Waals surface area (Å²) in [5, 5.41) is 13.6. The number of amides is 1. The molecule has 3 rings (SSSR count). The van der Waals surface area contributed by atoms with Crippen LogP contribution in [0.15, 0.2) is 53.6 Å². The second kappa shape index (κ2) is 7.20. The molecule has 0 unspecified atom stereocenters. The summed E-state index contributed by atoms with van der Waals surface area (Å²) in [6, 6.07) is 12.9. The molecule has 0 saturated heterocycles. The first-order chi connectivity index (χ1) is 11.7. The Balaban J connectivity index is 1.90. The molecule has 1 aromatic carbocycles. The van der Waals surface area contributed by atoms with E-state index in [0.29, 0.717) is 11.4 Å². The minimum absolute atomic E-state index is 0.183. The van der Waals surface area contributed by atoms with E-state index in [1.807, 2.05) is 46.3 Å². The number of rotatable bonds is 5. The lowest BCUT2D eigenvalue weighted by atomic mass is 10.2. The van der Waals surface area contributed by atoms with Crippen LogP contribution in [0.3, 0.4) is 0 Å². The largest absolute Gasteiger partial charge is 0.321 e. The summed E-state index contributed by atoms with van der Waals surface area (Å²) in [6.45, 7) is 2.07. The predicted octanol–water partition coefficient (Wildman–Crippen LogP) is 4.11. The van der Waals surface area contributed by atoms with E-state index < -0.39 is 0 Å². The number of imidazole rings is 1. The Morgan fingerprint density at radius 1 is 1.29 bits per heavy atom. The number of aromatic nitrogens is 2. The summed E-state index contributed by atoms with van der Waals surface area (Å²) in [4.78, 5) is 18.2. The number of thioether (sulfide) groups is 1. The van der Waals surface area contributed by atoms with Gasteiger partial charge in [0.15, 0.2) is 0 Å². The van der Waals surface area contributed by atoms with Crippen LogP contribution in [0.2, 0.25) is 0 Å². The summed E-state index contributed by atoms with van der Waals surface area (Å²) in [5.41, 5.74) is 2.84. The first kappa shape index (κ1) is 16.1. The molecule has 0 fully saturated rings. The number of pyridine rings is 1. The van der Waals surface area contributed by atoms with Crippen molar-refractivity contribution in [1.29, 1.82) is 5.26 Å². The molecule has 0 spiro atoms. The van der Waals surface area contributed by atoms with Gasteiger partial charge in [-0.2, -0.15) is 5.26 Å². The van der Waals surface area contributed by atoms with Crippen LogP contribution in [0.5, 0.6) is 0 Å². The number of benzene rings is 1. The van der Waals surface area contributed by atoms with E-state index in [2.05, 4.69) is 17.2 Å². The Bertz CT molecular complexity index is 909. The fourth-order valence-corrected chi connectivity index (χ4v) is 2.92. The molecule has 0 aliphatic rings. The molecule has 0 aliphatic heterocycles. The SMILES string of the molecule is CCCc1nc2ccccn2c1C(=O)Nc1ccc(SC#N)cc1. The highest BCUT2D eigenvalue weighted by Crippen LogP contribution is 2.21. The molecule has 3 aromatic rings. The zero-order valence-corrected chi connectivity index (χ0v) is 14.0. The number of carbonyl (C=O) groups excluding carboxylic acids is 1.